The number of fused-ring (bicyclic) bond motifs is 3. The lowest BCUT2D eigenvalue weighted by molar-refractivity contribution is -0.134. The first-order chi connectivity index (χ1) is 15.5. The SMILES string of the molecule is CC1CCC(NC(=O)C2(C)Cn3c(nc4ccccc43)C(=O)N2Cc2ccccc2)CC1. The molecule has 1 N–H and O–H groups in total. The van der Waals surface area contributed by atoms with Crippen molar-refractivity contribution in [2.45, 2.75) is 64.2 Å². The van der Waals surface area contributed by atoms with Crippen molar-refractivity contribution in [1.82, 2.24) is 19.8 Å². The molecule has 2 aliphatic rings. The molecule has 1 unspecified atom stereocenters. The van der Waals surface area contributed by atoms with Crippen LogP contribution in [0.25, 0.3) is 11.0 Å². The minimum atomic E-state index is -1.01. The summed E-state index contributed by atoms with van der Waals surface area (Å²) in [5, 5.41) is 3.29. The summed E-state index contributed by atoms with van der Waals surface area (Å²) in [5.74, 6) is 0.833. The second-order valence-corrected chi connectivity index (χ2v) is 9.59. The van der Waals surface area contributed by atoms with E-state index in [9.17, 15) is 9.59 Å². The lowest BCUT2D eigenvalue weighted by Gasteiger charge is -2.44. The molecule has 6 nitrogen and oxygen atoms in total. The Morgan fingerprint density at radius 3 is 2.50 bits per heavy atom. The number of benzene rings is 2. The molecular weight excluding hydrogens is 400 g/mol. The number of amides is 2. The molecule has 3 aromatic rings. The minimum absolute atomic E-state index is 0.0789. The Morgan fingerprint density at radius 1 is 1.06 bits per heavy atom. The molecule has 166 valence electrons. The molecular formula is C26H30N4O2. The van der Waals surface area contributed by atoms with Gasteiger partial charge in [0.15, 0.2) is 5.82 Å². The summed E-state index contributed by atoms with van der Waals surface area (Å²) in [6.45, 7) is 4.92. The van der Waals surface area contributed by atoms with Gasteiger partial charge in [0.1, 0.15) is 5.54 Å². The maximum Gasteiger partial charge on any atom is 0.291 e. The van der Waals surface area contributed by atoms with E-state index in [-0.39, 0.29) is 17.9 Å². The molecule has 0 saturated heterocycles. The largest absolute Gasteiger partial charge is 0.351 e. The predicted molar refractivity (Wildman–Crippen MR) is 124 cm³/mol. The Hall–Kier alpha value is -3.15. The van der Waals surface area contributed by atoms with Gasteiger partial charge in [0.25, 0.3) is 5.91 Å². The van der Waals surface area contributed by atoms with Gasteiger partial charge in [0.2, 0.25) is 5.91 Å². The van der Waals surface area contributed by atoms with Crippen LogP contribution in [0.1, 0.15) is 55.7 Å². The molecule has 0 spiro atoms. The van der Waals surface area contributed by atoms with Crippen LogP contribution < -0.4 is 5.32 Å². The molecule has 32 heavy (non-hydrogen) atoms. The van der Waals surface area contributed by atoms with Gasteiger partial charge in [-0.1, -0.05) is 49.4 Å². The Labute approximate surface area is 188 Å². The highest BCUT2D eigenvalue weighted by molar-refractivity contribution is 6.01. The summed E-state index contributed by atoms with van der Waals surface area (Å²) in [6, 6.07) is 17.8. The van der Waals surface area contributed by atoms with Crippen LogP contribution in [0.5, 0.6) is 0 Å². The van der Waals surface area contributed by atoms with E-state index in [0.717, 1.165) is 42.3 Å². The van der Waals surface area contributed by atoms with Crippen molar-refractivity contribution in [1.29, 1.82) is 0 Å². The van der Waals surface area contributed by atoms with E-state index < -0.39 is 5.54 Å². The Balaban J connectivity index is 1.52. The summed E-state index contributed by atoms with van der Waals surface area (Å²) in [4.78, 5) is 33.8. The van der Waals surface area contributed by atoms with Crippen LogP contribution in [0.3, 0.4) is 0 Å². The monoisotopic (exact) mass is 430 g/mol. The number of rotatable bonds is 4. The highest BCUT2D eigenvalue weighted by atomic mass is 16.2. The first kappa shape index (κ1) is 20.7. The molecule has 1 aliphatic heterocycles. The normalized spacial score (nSPS) is 25.6. The average molecular weight is 431 g/mol. The summed E-state index contributed by atoms with van der Waals surface area (Å²) in [7, 11) is 0. The second kappa shape index (κ2) is 8.08. The van der Waals surface area contributed by atoms with E-state index in [1.165, 1.54) is 0 Å². The third-order valence-electron chi connectivity index (χ3n) is 7.18. The number of hydrogen-bond donors (Lipinski definition) is 1. The molecule has 1 fully saturated rings. The smallest absolute Gasteiger partial charge is 0.291 e. The standard InChI is InChI=1S/C26H30N4O2/c1-18-12-14-20(15-13-18)27-25(32)26(2)17-29-22-11-7-6-10-21(22)28-23(29)24(31)30(26)16-19-8-4-3-5-9-19/h3-11,18,20H,12-17H2,1-2H3,(H,27,32). The van der Waals surface area contributed by atoms with E-state index in [1.807, 2.05) is 66.1 Å². The van der Waals surface area contributed by atoms with Gasteiger partial charge in [-0.05, 0) is 56.2 Å². The molecule has 2 amide bonds. The van der Waals surface area contributed by atoms with E-state index in [1.54, 1.807) is 4.90 Å². The van der Waals surface area contributed by atoms with Gasteiger partial charge >= 0.3 is 0 Å². The summed E-state index contributed by atoms with van der Waals surface area (Å²) in [6.07, 6.45) is 4.25. The third kappa shape index (κ3) is 3.57. The van der Waals surface area contributed by atoms with Gasteiger partial charge in [-0.3, -0.25) is 9.59 Å². The molecule has 0 radical (unpaired) electrons. The van der Waals surface area contributed by atoms with Crippen LogP contribution in [0.15, 0.2) is 54.6 Å². The van der Waals surface area contributed by atoms with Crippen LogP contribution in [-0.4, -0.2) is 37.8 Å². The van der Waals surface area contributed by atoms with Crippen molar-refractivity contribution < 1.29 is 9.59 Å². The van der Waals surface area contributed by atoms with Crippen LogP contribution in [0, 0.1) is 5.92 Å². The van der Waals surface area contributed by atoms with Crippen molar-refractivity contribution >= 4 is 22.8 Å². The number of imidazole rings is 1. The van der Waals surface area contributed by atoms with Crippen LogP contribution in [0.2, 0.25) is 0 Å². The second-order valence-electron chi connectivity index (χ2n) is 9.59. The van der Waals surface area contributed by atoms with Crippen molar-refractivity contribution in [2.24, 2.45) is 5.92 Å². The Morgan fingerprint density at radius 2 is 1.75 bits per heavy atom. The van der Waals surface area contributed by atoms with Crippen molar-refractivity contribution in [3.63, 3.8) is 0 Å². The van der Waals surface area contributed by atoms with Gasteiger partial charge in [0.05, 0.1) is 17.6 Å². The van der Waals surface area contributed by atoms with Gasteiger partial charge in [0, 0.05) is 12.6 Å². The van der Waals surface area contributed by atoms with Crippen molar-refractivity contribution in [2.75, 3.05) is 0 Å². The Bertz CT molecular complexity index is 1150. The first-order valence-corrected chi connectivity index (χ1v) is 11.6. The summed E-state index contributed by atoms with van der Waals surface area (Å²) in [5.41, 5.74) is 1.66. The zero-order chi connectivity index (χ0) is 22.3. The molecule has 1 atom stereocenters. The van der Waals surface area contributed by atoms with Crippen LogP contribution in [0.4, 0.5) is 0 Å². The zero-order valence-electron chi connectivity index (χ0n) is 18.8. The van der Waals surface area contributed by atoms with Gasteiger partial charge in [-0.25, -0.2) is 4.98 Å². The number of nitrogens with zero attached hydrogens (tertiary/aromatic N) is 3. The molecule has 6 heteroatoms. The molecule has 5 rings (SSSR count). The van der Waals surface area contributed by atoms with E-state index in [4.69, 9.17) is 0 Å². The summed E-state index contributed by atoms with van der Waals surface area (Å²) < 4.78 is 1.92. The topological polar surface area (TPSA) is 67.2 Å². The predicted octanol–water partition coefficient (Wildman–Crippen LogP) is 4.15. The number of hydrogen-bond acceptors (Lipinski definition) is 3. The highest BCUT2D eigenvalue weighted by Gasteiger charge is 2.48. The number of carbonyl (C=O) groups is 2. The number of para-hydroxylation sites is 2. The maximum atomic E-state index is 13.7. The lowest BCUT2D eigenvalue weighted by Crippen LogP contribution is -2.64. The molecule has 1 saturated carbocycles. The van der Waals surface area contributed by atoms with E-state index in [2.05, 4.69) is 17.2 Å². The molecule has 2 heterocycles. The fourth-order valence-corrected chi connectivity index (χ4v) is 5.09. The fraction of sp³-hybridized carbons (Fsp3) is 0.423. The van der Waals surface area contributed by atoms with E-state index in [0.29, 0.717) is 24.8 Å². The number of carbonyl (C=O) groups excluding carboxylic acids is 2. The van der Waals surface area contributed by atoms with Crippen LogP contribution >= 0.6 is 0 Å². The Kier molecular flexibility index (Phi) is 5.24. The summed E-state index contributed by atoms with van der Waals surface area (Å²) >= 11 is 0. The average Bonchev–Trinajstić information content (AvgIpc) is 3.17. The fourth-order valence-electron chi connectivity index (χ4n) is 5.09. The minimum Gasteiger partial charge on any atom is -0.351 e. The molecule has 2 aromatic carbocycles. The number of aromatic nitrogens is 2. The number of nitrogens with one attached hydrogen (secondary N) is 1. The maximum absolute atomic E-state index is 13.7. The highest BCUT2D eigenvalue weighted by Crippen LogP contribution is 2.32. The zero-order valence-corrected chi connectivity index (χ0v) is 18.8. The first-order valence-electron chi connectivity index (χ1n) is 11.6. The quantitative estimate of drug-likeness (QED) is 0.676. The van der Waals surface area contributed by atoms with Crippen molar-refractivity contribution in [3.8, 4) is 0 Å². The molecule has 1 aliphatic carbocycles. The van der Waals surface area contributed by atoms with E-state index >= 15 is 0 Å². The van der Waals surface area contributed by atoms with Gasteiger partial charge in [-0.15, -0.1) is 0 Å². The lowest BCUT2D eigenvalue weighted by atomic mass is 9.86. The van der Waals surface area contributed by atoms with Gasteiger partial charge < -0.3 is 14.8 Å². The third-order valence-corrected chi connectivity index (χ3v) is 7.18. The molecule has 1 aromatic heterocycles. The molecule has 0 bridgehead atoms. The van der Waals surface area contributed by atoms with Crippen LogP contribution in [-0.2, 0) is 17.9 Å². The van der Waals surface area contributed by atoms with Gasteiger partial charge in [-0.2, -0.15) is 0 Å². The van der Waals surface area contributed by atoms with Crippen molar-refractivity contribution in [3.05, 3.63) is 66.0 Å².